The third-order valence-electron chi connectivity index (χ3n) is 4.34. The summed E-state index contributed by atoms with van der Waals surface area (Å²) in [6, 6.07) is 0. The number of aryl methyl sites for hydroxylation is 1. The first-order valence-electron chi connectivity index (χ1n) is 7.22. The van der Waals surface area contributed by atoms with Crippen molar-refractivity contribution in [3.05, 3.63) is 18.0 Å². The van der Waals surface area contributed by atoms with Crippen molar-refractivity contribution >= 4 is 5.91 Å². The minimum atomic E-state index is 0.196. The fraction of sp³-hybridized carbons (Fsp3) is 0.714. The minimum absolute atomic E-state index is 0.196. The van der Waals surface area contributed by atoms with Gasteiger partial charge in [0.1, 0.15) is 0 Å². The zero-order valence-electron chi connectivity index (χ0n) is 11.5. The number of nitrogens with zero attached hydrogens (tertiary/aromatic N) is 3. The second kappa shape index (κ2) is 5.33. The van der Waals surface area contributed by atoms with Crippen LogP contribution in [0.3, 0.4) is 0 Å². The fourth-order valence-corrected chi connectivity index (χ4v) is 3.20. The molecule has 1 aromatic heterocycles. The van der Waals surface area contributed by atoms with Gasteiger partial charge in [0.15, 0.2) is 0 Å². The van der Waals surface area contributed by atoms with Crippen molar-refractivity contribution < 1.29 is 4.79 Å². The summed E-state index contributed by atoms with van der Waals surface area (Å²) < 4.78 is 1.84. The van der Waals surface area contributed by atoms with Crippen LogP contribution in [0.25, 0.3) is 0 Å². The lowest BCUT2D eigenvalue weighted by atomic mass is 9.98. The van der Waals surface area contributed by atoms with Crippen LogP contribution < -0.4 is 5.32 Å². The summed E-state index contributed by atoms with van der Waals surface area (Å²) in [5.41, 5.74) is 1.26. The highest BCUT2D eigenvalue weighted by atomic mass is 16.2. The van der Waals surface area contributed by atoms with E-state index in [0.29, 0.717) is 11.8 Å². The summed E-state index contributed by atoms with van der Waals surface area (Å²) in [5.74, 6) is 1.01. The van der Waals surface area contributed by atoms with Crippen LogP contribution in [0.15, 0.2) is 12.4 Å². The Morgan fingerprint density at radius 1 is 1.47 bits per heavy atom. The second-order valence-corrected chi connectivity index (χ2v) is 5.76. The topological polar surface area (TPSA) is 50.2 Å². The predicted molar refractivity (Wildman–Crippen MR) is 72.7 cm³/mol. The highest BCUT2D eigenvalue weighted by Crippen LogP contribution is 2.28. The molecule has 1 N–H and O–H groups in total. The van der Waals surface area contributed by atoms with E-state index in [-0.39, 0.29) is 5.92 Å². The van der Waals surface area contributed by atoms with Gasteiger partial charge < -0.3 is 10.2 Å². The van der Waals surface area contributed by atoms with Crippen LogP contribution >= 0.6 is 0 Å². The standard InChI is InChI=1S/C14H22N4O/c1-17-9-13(8-16-17)12-4-6-18(10-12)14(19)11-3-2-5-15-7-11/h8-9,11-12,15H,2-7,10H2,1H3. The number of carbonyl (C=O) groups is 1. The van der Waals surface area contributed by atoms with Gasteiger partial charge in [0.2, 0.25) is 5.91 Å². The second-order valence-electron chi connectivity index (χ2n) is 5.76. The highest BCUT2D eigenvalue weighted by Gasteiger charge is 2.32. The Kier molecular flexibility index (Phi) is 3.55. The average Bonchev–Trinajstić information content (AvgIpc) is 3.07. The van der Waals surface area contributed by atoms with Crippen molar-refractivity contribution in [1.82, 2.24) is 20.0 Å². The molecule has 0 saturated carbocycles. The van der Waals surface area contributed by atoms with E-state index in [1.807, 2.05) is 17.9 Å². The molecule has 3 heterocycles. The summed E-state index contributed by atoms with van der Waals surface area (Å²) in [7, 11) is 1.94. The van der Waals surface area contributed by atoms with Gasteiger partial charge in [-0.05, 0) is 31.4 Å². The molecule has 0 aliphatic carbocycles. The molecule has 104 valence electrons. The first-order valence-corrected chi connectivity index (χ1v) is 7.22. The number of hydrogen-bond donors (Lipinski definition) is 1. The van der Waals surface area contributed by atoms with Crippen molar-refractivity contribution in [2.24, 2.45) is 13.0 Å². The molecule has 1 amide bonds. The molecule has 19 heavy (non-hydrogen) atoms. The summed E-state index contributed by atoms with van der Waals surface area (Å²) in [6.07, 6.45) is 7.23. The number of hydrogen-bond acceptors (Lipinski definition) is 3. The fourth-order valence-electron chi connectivity index (χ4n) is 3.20. The van der Waals surface area contributed by atoms with Gasteiger partial charge in [-0.2, -0.15) is 5.10 Å². The van der Waals surface area contributed by atoms with Gasteiger partial charge in [0, 0.05) is 38.8 Å². The molecule has 2 atom stereocenters. The number of likely N-dealkylation sites (tertiary alicyclic amines) is 1. The van der Waals surface area contributed by atoms with Crippen LogP contribution in [-0.2, 0) is 11.8 Å². The highest BCUT2D eigenvalue weighted by molar-refractivity contribution is 5.79. The molecular formula is C14H22N4O. The Balaban J connectivity index is 1.60. The third kappa shape index (κ3) is 2.66. The monoisotopic (exact) mass is 262 g/mol. The lowest BCUT2D eigenvalue weighted by Gasteiger charge is -2.26. The van der Waals surface area contributed by atoms with Crippen LogP contribution in [0, 0.1) is 5.92 Å². The third-order valence-corrected chi connectivity index (χ3v) is 4.34. The first kappa shape index (κ1) is 12.7. The van der Waals surface area contributed by atoms with E-state index in [9.17, 15) is 4.79 Å². The molecule has 0 bridgehead atoms. The molecule has 5 nitrogen and oxygen atoms in total. The maximum Gasteiger partial charge on any atom is 0.226 e. The zero-order chi connectivity index (χ0) is 13.2. The maximum atomic E-state index is 12.4. The lowest BCUT2D eigenvalue weighted by Crippen LogP contribution is -2.42. The smallest absolute Gasteiger partial charge is 0.226 e. The Hall–Kier alpha value is -1.36. The number of nitrogens with one attached hydrogen (secondary N) is 1. The average molecular weight is 262 g/mol. The van der Waals surface area contributed by atoms with Crippen LogP contribution in [0.5, 0.6) is 0 Å². The molecule has 2 unspecified atom stereocenters. The number of amides is 1. The molecule has 2 fully saturated rings. The molecule has 3 rings (SSSR count). The number of piperidine rings is 1. The van der Waals surface area contributed by atoms with Crippen LogP contribution in [0.1, 0.15) is 30.7 Å². The largest absolute Gasteiger partial charge is 0.342 e. The number of rotatable bonds is 2. The van der Waals surface area contributed by atoms with Crippen LogP contribution in [-0.4, -0.2) is 46.8 Å². The van der Waals surface area contributed by atoms with E-state index >= 15 is 0 Å². The minimum Gasteiger partial charge on any atom is -0.342 e. The Morgan fingerprint density at radius 3 is 3.05 bits per heavy atom. The van der Waals surface area contributed by atoms with E-state index in [0.717, 1.165) is 45.4 Å². The number of aromatic nitrogens is 2. The Labute approximate surface area is 114 Å². The molecule has 1 aromatic rings. The SMILES string of the molecule is Cn1cc(C2CCN(C(=O)C3CCCNC3)C2)cn1. The molecule has 0 spiro atoms. The zero-order valence-corrected chi connectivity index (χ0v) is 11.5. The summed E-state index contributed by atoms with van der Waals surface area (Å²) >= 11 is 0. The van der Waals surface area contributed by atoms with E-state index in [1.165, 1.54) is 5.56 Å². The molecular weight excluding hydrogens is 240 g/mol. The van der Waals surface area contributed by atoms with Crippen molar-refractivity contribution in [3.63, 3.8) is 0 Å². The van der Waals surface area contributed by atoms with E-state index in [1.54, 1.807) is 0 Å². The van der Waals surface area contributed by atoms with Gasteiger partial charge in [-0.1, -0.05) is 0 Å². The van der Waals surface area contributed by atoms with Crippen molar-refractivity contribution in [3.8, 4) is 0 Å². The van der Waals surface area contributed by atoms with Gasteiger partial charge in [-0.25, -0.2) is 0 Å². The van der Waals surface area contributed by atoms with Crippen molar-refractivity contribution in [1.29, 1.82) is 0 Å². The summed E-state index contributed by atoms with van der Waals surface area (Å²) in [4.78, 5) is 14.5. The normalized spacial score (nSPS) is 27.7. The van der Waals surface area contributed by atoms with Crippen molar-refractivity contribution in [2.75, 3.05) is 26.2 Å². The number of carbonyl (C=O) groups excluding carboxylic acids is 1. The van der Waals surface area contributed by atoms with Gasteiger partial charge in [0.05, 0.1) is 12.1 Å². The molecule has 2 aliphatic rings. The molecule has 2 aliphatic heterocycles. The van der Waals surface area contributed by atoms with Gasteiger partial charge in [-0.15, -0.1) is 0 Å². The molecule has 0 radical (unpaired) electrons. The lowest BCUT2D eigenvalue weighted by molar-refractivity contribution is -0.135. The van der Waals surface area contributed by atoms with Gasteiger partial charge >= 0.3 is 0 Å². The maximum absolute atomic E-state index is 12.4. The molecule has 5 heteroatoms. The quantitative estimate of drug-likeness (QED) is 0.855. The van der Waals surface area contributed by atoms with E-state index in [2.05, 4.69) is 21.5 Å². The van der Waals surface area contributed by atoms with Gasteiger partial charge in [-0.3, -0.25) is 9.48 Å². The van der Waals surface area contributed by atoms with Gasteiger partial charge in [0.25, 0.3) is 0 Å². The summed E-state index contributed by atoms with van der Waals surface area (Å²) in [5, 5.41) is 7.55. The van der Waals surface area contributed by atoms with Crippen LogP contribution in [0.4, 0.5) is 0 Å². The van der Waals surface area contributed by atoms with Crippen molar-refractivity contribution in [2.45, 2.75) is 25.2 Å². The Morgan fingerprint density at radius 2 is 2.37 bits per heavy atom. The first-order chi connectivity index (χ1) is 9.24. The molecule has 2 saturated heterocycles. The van der Waals surface area contributed by atoms with Crippen LogP contribution in [0.2, 0.25) is 0 Å². The Bertz CT molecular complexity index is 450. The summed E-state index contributed by atoms with van der Waals surface area (Å²) in [6.45, 7) is 3.67. The predicted octanol–water partition coefficient (Wildman–Crippen LogP) is 0.736. The van der Waals surface area contributed by atoms with E-state index < -0.39 is 0 Å². The van der Waals surface area contributed by atoms with E-state index in [4.69, 9.17) is 0 Å². The molecule has 0 aromatic carbocycles.